The van der Waals surface area contributed by atoms with Crippen LogP contribution < -0.4 is 23.7 Å². The molecule has 0 spiro atoms. The molecule has 2 rings (SSSR count). The molecule has 0 amide bonds. The Morgan fingerprint density at radius 1 is 1.45 bits per heavy atom. The van der Waals surface area contributed by atoms with E-state index in [1.54, 1.807) is 12.1 Å². The van der Waals surface area contributed by atoms with Crippen molar-refractivity contribution in [1.82, 2.24) is 9.71 Å². The summed E-state index contributed by atoms with van der Waals surface area (Å²) in [5.74, 6) is -1.11. The summed E-state index contributed by atoms with van der Waals surface area (Å²) in [7, 11) is 0. The smallest absolute Gasteiger partial charge is 1.00 e. The predicted octanol–water partition coefficient (Wildman–Crippen LogP) is -1.70. The minimum absolute atomic E-state index is 0. The molecule has 2 aromatic heterocycles. The number of hydrogen-bond acceptors (Lipinski definition) is 5. The van der Waals surface area contributed by atoms with Crippen LogP contribution in [0.5, 0.6) is 0 Å². The minimum Gasteiger partial charge on any atom is -1.00 e. The fraction of sp³-hybridized carbons (Fsp3) is 0.0909. The van der Waals surface area contributed by atoms with E-state index < -0.39 is 17.0 Å². The van der Waals surface area contributed by atoms with E-state index in [9.17, 15) is 13.6 Å². The zero-order chi connectivity index (χ0) is 13.8. The minimum atomic E-state index is -2.34. The normalized spacial score (nSPS) is 11.5. The molecule has 0 bridgehead atoms. The number of carbonyl (C=O) groups excluding carboxylic acids is 1. The van der Waals surface area contributed by atoms with Gasteiger partial charge in [0.2, 0.25) is 0 Å². The predicted molar refractivity (Wildman–Crippen MR) is 68.3 cm³/mol. The summed E-state index contributed by atoms with van der Waals surface area (Å²) in [5, 5.41) is 0.0832. The molecule has 2 aromatic rings. The van der Waals surface area contributed by atoms with E-state index in [0.29, 0.717) is 0 Å². The van der Waals surface area contributed by atoms with Gasteiger partial charge in [0.1, 0.15) is 5.15 Å². The maximum absolute atomic E-state index is 11.9. The summed E-state index contributed by atoms with van der Waals surface area (Å²) in [6.07, 6.45) is 3.04. The second-order valence-corrected chi connectivity index (χ2v) is 4.79. The summed E-state index contributed by atoms with van der Waals surface area (Å²) in [5.41, 5.74) is 0.111. The van der Waals surface area contributed by atoms with Crippen molar-refractivity contribution in [1.29, 1.82) is 0 Å². The van der Waals surface area contributed by atoms with Crippen LogP contribution in [0.3, 0.4) is 0 Å². The first-order chi connectivity index (χ1) is 9.06. The number of rotatable bonds is 4. The van der Waals surface area contributed by atoms with Crippen molar-refractivity contribution < 1.29 is 38.7 Å². The second-order valence-electron chi connectivity index (χ2n) is 3.51. The van der Waals surface area contributed by atoms with Gasteiger partial charge in [-0.05, 0) is 23.8 Å². The van der Waals surface area contributed by atoms with Crippen LogP contribution in [-0.2, 0) is 16.8 Å². The standard InChI is InChI=1S/C11H9ClN2O4S.Li.H/c12-9-4-3-8(7-19(16)17)10(13-9)11(15)18-14-5-1-2-6-14;;/h1-6H,7H2,(H,16,17);;/q;+1;-1/p-1. The van der Waals surface area contributed by atoms with Crippen LogP contribution in [0.25, 0.3) is 0 Å². The third-order valence-corrected chi connectivity index (χ3v) is 2.93. The van der Waals surface area contributed by atoms with Gasteiger partial charge in [-0.2, -0.15) is 4.73 Å². The molecule has 0 aromatic carbocycles. The number of pyridine rings is 1. The number of hydrogen-bond donors (Lipinski definition) is 0. The molecule has 0 aliphatic heterocycles. The molecule has 0 saturated heterocycles. The van der Waals surface area contributed by atoms with E-state index in [2.05, 4.69) is 4.98 Å². The molecule has 6 nitrogen and oxygen atoms in total. The molecule has 20 heavy (non-hydrogen) atoms. The quantitative estimate of drug-likeness (QED) is 0.382. The third-order valence-electron chi connectivity index (χ3n) is 2.18. The van der Waals surface area contributed by atoms with Crippen molar-refractivity contribution in [2.45, 2.75) is 5.75 Å². The van der Waals surface area contributed by atoms with Crippen molar-refractivity contribution in [2.75, 3.05) is 0 Å². The Morgan fingerprint density at radius 3 is 2.70 bits per heavy atom. The van der Waals surface area contributed by atoms with Gasteiger partial charge in [0.05, 0.1) is 0 Å². The SMILES string of the molecule is O=C(On1cccc1)c1nc(Cl)ccc1CS(=O)[O-].[H-].[Li+]. The number of aromatic nitrogens is 2. The van der Waals surface area contributed by atoms with E-state index in [-0.39, 0.29) is 42.5 Å². The summed E-state index contributed by atoms with van der Waals surface area (Å²) < 4.78 is 22.6. The van der Waals surface area contributed by atoms with Crippen molar-refractivity contribution in [3.63, 3.8) is 0 Å². The molecule has 0 aliphatic rings. The van der Waals surface area contributed by atoms with Crippen LogP contribution in [0, 0.1) is 0 Å². The van der Waals surface area contributed by atoms with Gasteiger partial charge in [0.25, 0.3) is 0 Å². The van der Waals surface area contributed by atoms with Crippen LogP contribution in [0.1, 0.15) is 17.5 Å². The number of carbonyl (C=O) groups is 1. The Labute approximate surface area is 136 Å². The van der Waals surface area contributed by atoms with Crippen molar-refractivity contribution >= 4 is 28.7 Å². The molecule has 0 radical (unpaired) electrons. The molecule has 0 aliphatic carbocycles. The average Bonchev–Trinajstić information content (AvgIpc) is 2.83. The van der Waals surface area contributed by atoms with E-state index in [1.807, 2.05) is 0 Å². The maximum atomic E-state index is 11.9. The molecule has 0 fully saturated rings. The molecule has 102 valence electrons. The Morgan fingerprint density at radius 2 is 2.10 bits per heavy atom. The topological polar surface area (TPSA) is 84.2 Å². The first kappa shape index (κ1) is 17.0. The van der Waals surface area contributed by atoms with Crippen LogP contribution in [-0.4, -0.2) is 24.4 Å². The first-order valence-electron chi connectivity index (χ1n) is 5.13. The van der Waals surface area contributed by atoms with Crippen LogP contribution >= 0.6 is 11.6 Å². The Hall–Kier alpha value is -1.10. The fourth-order valence-electron chi connectivity index (χ4n) is 1.40. The average molecular weight is 308 g/mol. The van der Waals surface area contributed by atoms with Crippen LogP contribution in [0.2, 0.25) is 5.15 Å². The fourth-order valence-corrected chi connectivity index (χ4v) is 2.04. The summed E-state index contributed by atoms with van der Waals surface area (Å²) in [4.78, 5) is 20.7. The monoisotopic (exact) mass is 307 g/mol. The molecule has 1 atom stereocenters. The van der Waals surface area contributed by atoms with E-state index >= 15 is 0 Å². The van der Waals surface area contributed by atoms with Gasteiger partial charge < -0.3 is 10.8 Å². The number of halogens is 1. The summed E-state index contributed by atoms with van der Waals surface area (Å²) >= 11 is 3.36. The molecule has 9 heteroatoms. The van der Waals surface area contributed by atoms with E-state index in [0.717, 1.165) is 0 Å². The Bertz CT molecular complexity index is 627. The number of nitrogens with zero attached hydrogens (tertiary/aromatic N) is 2. The van der Waals surface area contributed by atoms with Crippen molar-refractivity contribution in [3.8, 4) is 0 Å². The second kappa shape index (κ2) is 7.62. The first-order valence-corrected chi connectivity index (χ1v) is 6.75. The van der Waals surface area contributed by atoms with Gasteiger partial charge in [-0.25, -0.2) is 9.78 Å². The van der Waals surface area contributed by atoms with E-state index in [4.69, 9.17) is 16.4 Å². The molecule has 0 saturated carbocycles. The van der Waals surface area contributed by atoms with E-state index in [1.165, 1.54) is 29.3 Å². The molecule has 0 N–H and O–H groups in total. The third kappa shape index (κ3) is 4.47. The largest absolute Gasteiger partial charge is 1.00 e. The van der Waals surface area contributed by atoms with Gasteiger partial charge >= 0.3 is 24.8 Å². The van der Waals surface area contributed by atoms with Crippen molar-refractivity contribution in [3.05, 3.63) is 53.1 Å². The molecular weight excluding hydrogens is 299 g/mol. The Balaban J connectivity index is 0.00000200. The van der Waals surface area contributed by atoms with Gasteiger partial charge in [0, 0.05) is 18.1 Å². The summed E-state index contributed by atoms with van der Waals surface area (Å²) in [6, 6.07) is 6.19. The zero-order valence-electron chi connectivity index (χ0n) is 11.5. The van der Waals surface area contributed by atoms with Gasteiger partial charge in [-0.15, -0.1) is 0 Å². The van der Waals surface area contributed by atoms with Gasteiger partial charge in [0.15, 0.2) is 5.69 Å². The zero-order valence-corrected chi connectivity index (χ0v) is 12.1. The van der Waals surface area contributed by atoms with Gasteiger partial charge in [-0.1, -0.05) is 28.7 Å². The Kier molecular flexibility index (Phi) is 6.46. The van der Waals surface area contributed by atoms with Crippen LogP contribution in [0.4, 0.5) is 0 Å². The van der Waals surface area contributed by atoms with Crippen molar-refractivity contribution in [2.24, 2.45) is 0 Å². The van der Waals surface area contributed by atoms with Gasteiger partial charge in [-0.3, -0.25) is 4.21 Å². The molecular formula is C11H9ClLiN2O4S-. The van der Waals surface area contributed by atoms with Crippen LogP contribution in [0.15, 0.2) is 36.7 Å². The molecule has 2 heterocycles. The summed E-state index contributed by atoms with van der Waals surface area (Å²) in [6.45, 7) is 0. The maximum Gasteiger partial charge on any atom is 1.00 e. The molecule has 1 unspecified atom stereocenters.